The van der Waals surface area contributed by atoms with Crippen molar-refractivity contribution in [1.29, 1.82) is 0 Å². The van der Waals surface area contributed by atoms with Crippen molar-refractivity contribution < 1.29 is 34.4 Å². The molecule has 1 aliphatic carbocycles. The van der Waals surface area contributed by atoms with Crippen molar-refractivity contribution in [3.8, 4) is 11.5 Å². The summed E-state index contributed by atoms with van der Waals surface area (Å²) in [6, 6.07) is 7.11. The van der Waals surface area contributed by atoms with E-state index >= 15 is 0 Å². The molecule has 1 fully saturated rings. The number of unbranched alkanes of at least 4 members (excludes halogenated alkanes) is 1. The van der Waals surface area contributed by atoms with Crippen LogP contribution < -0.4 is 9.47 Å². The van der Waals surface area contributed by atoms with E-state index < -0.39 is 12.2 Å². The van der Waals surface area contributed by atoms with Crippen molar-refractivity contribution in [2.45, 2.75) is 64.3 Å². The molecule has 0 bridgehead atoms. The van der Waals surface area contributed by atoms with Gasteiger partial charge in [-0.3, -0.25) is 4.79 Å². The third kappa shape index (κ3) is 9.19. The van der Waals surface area contributed by atoms with Crippen molar-refractivity contribution >= 4 is 11.7 Å². The third-order valence-electron chi connectivity index (χ3n) is 5.58. The molecule has 0 amide bonds. The number of aliphatic hydroxyl groups excluding tert-OH is 2. The largest absolute Gasteiger partial charge is 0.497 e. The lowest BCUT2D eigenvalue weighted by atomic mass is 9.90. The minimum atomic E-state index is -0.870. The number of carbonyl (C=O) groups excluding carboxylic acids is 1. The zero-order chi connectivity index (χ0) is 24.9. The highest BCUT2D eigenvalue weighted by Gasteiger charge is 2.38. The summed E-state index contributed by atoms with van der Waals surface area (Å²) in [7, 11) is 1.57. The number of esters is 1. The number of carbonyl (C=O) groups is 1. The van der Waals surface area contributed by atoms with Gasteiger partial charge in [-0.25, -0.2) is 0 Å². The summed E-state index contributed by atoms with van der Waals surface area (Å²) in [5, 5.41) is 33.5. The molecule has 34 heavy (non-hydrogen) atoms. The maximum absolute atomic E-state index is 11.6. The van der Waals surface area contributed by atoms with E-state index in [4.69, 9.17) is 14.2 Å². The molecule has 4 atom stereocenters. The predicted molar refractivity (Wildman–Crippen MR) is 129 cm³/mol. The van der Waals surface area contributed by atoms with E-state index in [0.717, 1.165) is 6.42 Å². The Morgan fingerprint density at radius 3 is 2.74 bits per heavy atom. The quantitative estimate of drug-likeness (QED) is 0.130. The number of hydrogen-bond acceptors (Lipinski definition) is 8. The molecule has 0 spiro atoms. The predicted octanol–water partition coefficient (Wildman–Crippen LogP) is 3.89. The van der Waals surface area contributed by atoms with Gasteiger partial charge >= 0.3 is 5.97 Å². The Hall–Kier alpha value is -2.84. The van der Waals surface area contributed by atoms with Gasteiger partial charge in [0.25, 0.3) is 0 Å². The minimum absolute atomic E-state index is 0.0500. The van der Waals surface area contributed by atoms with Crippen LogP contribution in [-0.4, -0.2) is 59.1 Å². The average molecular weight is 476 g/mol. The first-order chi connectivity index (χ1) is 16.3. The highest BCUT2D eigenvalue weighted by molar-refractivity contribution is 5.90. The standard InChI is InChI=1S/C26H37NO7/c1-18(2)34-26(30)12-7-5-4-6-11-23-22(24(27-31)16-25(23)29)14-13-19(28)17-33-21-10-8-9-20(15-21)32-3/h4,6,8-10,13-15,18-19,22-23,25,28-29,31H,5,7,11-12,16-17H2,1-3H3/b6-4+,14-13+,27-24-/t19-,22-,23-,25+/m1/s1. The van der Waals surface area contributed by atoms with Gasteiger partial charge in [-0.05, 0) is 45.2 Å². The summed E-state index contributed by atoms with van der Waals surface area (Å²) in [6.45, 7) is 3.70. The Labute approximate surface area is 201 Å². The first kappa shape index (κ1) is 27.4. The van der Waals surface area contributed by atoms with Crippen LogP contribution in [0.3, 0.4) is 0 Å². The third-order valence-corrected chi connectivity index (χ3v) is 5.58. The number of allylic oxidation sites excluding steroid dienone is 3. The van der Waals surface area contributed by atoms with Crippen LogP contribution in [0.4, 0.5) is 0 Å². The highest BCUT2D eigenvalue weighted by atomic mass is 16.5. The monoisotopic (exact) mass is 475 g/mol. The van der Waals surface area contributed by atoms with Crippen molar-refractivity contribution in [2.24, 2.45) is 17.0 Å². The molecule has 1 aromatic carbocycles. The average Bonchev–Trinajstić information content (AvgIpc) is 3.12. The second kappa shape index (κ2) is 14.4. The molecule has 8 nitrogen and oxygen atoms in total. The molecule has 1 saturated carbocycles. The number of nitrogens with zero attached hydrogens (tertiary/aromatic N) is 1. The highest BCUT2D eigenvalue weighted by Crippen LogP contribution is 2.34. The van der Waals surface area contributed by atoms with Crippen molar-refractivity contribution in [2.75, 3.05) is 13.7 Å². The zero-order valence-corrected chi connectivity index (χ0v) is 20.2. The van der Waals surface area contributed by atoms with Crippen molar-refractivity contribution in [1.82, 2.24) is 0 Å². The summed E-state index contributed by atoms with van der Waals surface area (Å²) in [5.74, 6) is 0.587. The number of ether oxygens (including phenoxy) is 3. The van der Waals surface area contributed by atoms with E-state index in [1.54, 1.807) is 43.5 Å². The number of aliphatic hydroxyl groups is 2. The van der Waals surface area contributed by atoms with Crippen LogP contribution in [0.2, 0.25) is 0 Å². The Balaban J connectivity index is 1.85. The molecule has 8 heteroatoms. The van der Waals surface area contributed by atoms with Crippen LogP contribution in [0.25, 0.3) is 0 Å². The molecule has 0 radical (unpaired) electrons. The molecular weight excluding hydrogens is 438 g/mol. The maximum atomic E-state index is 11.6. The van der Waals surface area contributed by atoms with Gasteiger partial charge in [-0.15, -0.1) is 0 Å². The van der Waals surface area contributed by atoms with Crippen molar-refractivity contribution in [3.63, 3.8) is 0 Å². The van der Waals surface area contributed by atoms with E-state index in [1.165, 1.54) is 0 Å². The maximum Gasteiger partial charge on any atom is 0.306 e. The molecule has 0 aromatic heterocycles. The summed E-state index contributed by atoms with van der Waals surface area (Å²) in [5.41, 5.74) is 0.486. The Kier molecular flexibility index (Phi) is 11.6. The van der Waals surface area contributed by atoms with Gasteiger partial charge < -0.3 is 29.6 Å². The van der Waals surface area contributed by atoms with E-state index in [2.05, 4.69) is 5.16 Å². The van der Waals surface area contributed by atoms with Gasteiger partial charge in [0, 0.05) is 30.7 Å². The number of oxime groups is 1. The molecule has 3 N–H and O–H groups in total. The zero-order valence-electron chi connectivity index (χ0n) is 20.2. The fraction of sp³-hybridized carbons (Fsp3) is 0.538. The topological polar surface area (TPSA) is 118 Å². The molecule has 1 aromatic rings. The van der Waals surface area contributed by atoms with Gasteiger partial charge in [0.1, 0.15) is 24.2 Å². The van der Waals surface area contributed by atoms with Crippen LogP contribution in [0.1, 0.15) is 46.0 Å². The summed E-state index contributed by atoms with van der Waals surface area (Å²) in [4.78, 5) is 11.6. The van der Waals surface area contributed by atoms with E-state index in [0.29, 0.717) is 36.5 Å². The number of rotatable bonds is 13. The first-order valence-electron chi connectivity index (χ1n) is 11.7. The van der Waals surface area contributed by atoms with E-state index in [1.807, 2.05) is 26.0 Å². The normalized spacial score (nSPS) is 22.6. The summed E-state index contributed by atoms with van der Waals surface area (Å²) in [6.07, 6.45) is 8.38. The number of methoxy groups -OCH3 is 1. The van der Waals surface area contributed by atoms with Crippen LogP contribution >= 0.6 is 0 Å². The summed E-state index contributed by atoms with van der Waals surface area (Å²) >= 11 is 0. The lowest BCUT2D eigenvalue weighted by Crippen LogP contribution is -2.20. The fourth-order valence-corrected chi connectivity index (χ4v) is 3.89. The lowest BCUT2D eigenvalue weighted by molar-refractivity contribution is -0.147. The smallest absolute Gasteiger partial charge is 0.306 e. The summed E-state index contributed by atoms with van der Waals surface area (Å²) < 4.78 is 15.9. The second-order valence-corrected chi connectivity index (χ2v) is 8.63. The first-order valence-corrected chi connectivity index (χ1v) is 11.7. The second-order valence-electron chi connectivity index (χ2n) is 8.63. The molecule has 0 unspecified atom stereocenters. The molecule has 0 aliphatic heterocycles. The minimum Gasteiger partial charge on any atom is -0.497 e. The molecule has 0 heterocycles. The van der Waals surface area contributed by atoms with E-state index in [-0.39, 0.29) is 36.9 Å². The van der Waals surface area contributed by atoms with Crippen LogP contribution in [0, 0.1) is 11.8 Å². The number of benzene rings is 1. The van der Waals surface area contributed by atoms with Gasteiger partial charge in [-0.1, -0.05) is 35.5 Å². The molecular formula is C26H37NO7. The van der Waals surface area contributed by atoms with Gasteiger partial charge in [0.2, 0.25) is 0 Å². The molecule has 1 aliphatic rings. The van der Waals surface area contributed by atoms with Gasteiger partial charge in [0.15, 0.2) is 0 Å². The van der Waals surface area contributed by atoms with Crippen molar-refractivity contribution in [3.05, 3.63) is 48.6 Å². The lowest BCUT2D eigenvalue weighted by Gasteiger charge is -2.18. The van der Waals surface area contributed by atoms with Crippen LogP contribution in [-0.2, 0) is 9.53 Å². The Morgan fingerprint density at radius 1 is 1.26 bits per heavy atom. The van der Waals surface area contributed by atoms with Crippen LogP contribution in [0.5, 0.6) is 11.5 Å². The van der Waals surface area contributed by atoms with Gasteiger partial charge in [-0.2, -0.15) is 0 Å². The van der Waals surface area contributed by atoms with E-state index in [9.17, 15) is 20.2 Å². The Bertz CT molecular complexity index is 849. The molecule has 2 rings (SSSR count). The fourth-order valence-electron chi connectivity index (χ4n) is 3.89. The van der Waals surface area contributed by atoms with Crippen LogP contribution in [0.15, 0.2) is 53.7 Å². The van der Waals surface area contributed by atoms with Gasteiger partial charge in [0.05, 0.1) is 25.0 Å². The molecule has 0 saturated heterocycles. The molecule has 188 valence electrons. The SMILES string of the molecule is COc1cccc(OC[C@H](O)/C=C/[C@H]2/C(=N\O)C[C@H](O)[C@@H]2C/C=C/CCCC(=O)OC(C)C)c1. The number of hydrogen-bond donors (Lipinski definition) is 3. The Morgan fingerprint density at radius 2 is 2.03 bits per heavy atom.